The highest BCUT2D eigenvalue weighted by Crippen LogP contribution is 2.16. The minimum atomic E-state index is -0.0822. The highest BCUT2D eigenvalue weighted by Gasteiger charge is 2.35. The molecule has 1 aromatic heterocycles. The Kier molecular flexibility index (Phi) is 4.23. The third-order valence-electron chi connectivity index (χ3n) is 4.22. The highest BCUT2D eigenvalue weighted by atomic mass is 16.5. The first-order valence-electron chi connectivity index (χ1n) is 7.35. The van der Waals surface area contributed by atoms with Gasteiger partial charge < -0.3 is 19.4 Å². The Morgan fingerprint density at radius 1 is 1.33 bits per heavy atom. The highest BCUT2D eigenvalue weighted by molar-refractivity contribution is 5.93. The van der Waals surface area contributed by atoms with Crippen molar-refractivity contribution in [1.29, 1.82) is 0 Å². The molecule has 1 amide bonds. The van der Waals surface area contributed by atoms with Crippen LogP contribution < -0.4 is 5.32 Å². The Hall–Kier alpha value is -1.44. The van der Waals surface area contributed by atoms with Gasteiger partial charge in [-0.3, -0.25) is 9.69 Å². The molecule has 0 saturated carbocycles. The van der Waals surface area contributed by atoms with Crippen LogP contribution in [0.25, 0.3) is 0 Å². The minimum absolute atomic E-state index is 0.0184. The van der Waals surface area contributed by atoms with Crippen LogP contribution in [-0.4, -0.2) is 72.0 Å². The van der Waals surface area contributed by atoms with Gasteiger partial charge in [-0.15, -0.1) is 0 Å². The molecule has 1 aromatic rings. The zero-order chi connectivity index (χ0) is 14.8. The normalized spacial score (nSPS) is 27.0. The number of aromatic nitrogens is 2. The van der Waals surface area contributed by atoms with Crippen LogP contribution in [-0.2, 0) is 16.5 Å². The second-order valence-corrected chi connectivity index (χ2v) is 5.62. The van der Waals surface area contributed by atoms with E-state index in [4.69, 9.17) is 9.47 Å². The first kappa shape index (κ1) is 14.5. The molecule has 7 nitrogen and oxygen atoms in total. The molecule has 0 bridgehead atoms. The number of nitrogens with one attached hydrogen (secondary N) is 1. The van der Waals surface area contributed by atoms with Crippen molar-refractivity contribution in [3.63, 3.8) is 0 Å². The summed E-state index contributed by atoms with van der Waals surface area (Å²) in [6.07, 6.45) is 1.66. The van der Waals surface area contributed by atoms with E-state index in [1.165, 1.54) is 0 Å². The Labute approximate surface area is 124 Å². The van der Waals surface area contributed by atoms with Gasteiger partial charge in [-0.2, -0.15) is 0 Å². The molecule has 2 fully saturated rings. The van der Waals surface area contributed by atoms with Gasteiger partial charge in [0.15, 0.2) is 0 Å². The van der Waals surface area contributed by atoms with E-state index in [-0.39, 0.29) is 18.0 Å². The lowest BCUT2D eigenvalue weighted by molar-refractivity contribution is 0.0108. The van der Waals surface area contributed by atoms with Crippen LogP contribution in [0.3, 0.4) is 0 Å². The van der Waals surface area contributed by atoms with Crippen LogP contribution in [0.5, 0.6) is 0 Å². The Morgan fingerprint density at radius 3 is 2.76 bits per heavy atom. The van der Waals surface area contributed by atoms with E-state index in [0.717, 1.165) is 32.0 Å². The van der Waals surface area contributed by atoms with E-state index >= 15 is 0 Å². The average Bonchev–Trinajstić information content (AvgIpc) is 3.07. The van der Waals surface area contributed by atoms with Crippen LogP contribution >= 0.6 is 0 Å². The fourth-order valence-corrected chi connectivity index (χ4v) is 3.06. The van der Waals surface area contributed by atoms with E-state index < -0.39 is 0 Å². The van der Waals surface area contributed by atoms with Crippen molar-refractivity contribution in [2.45, 2.75) is 19.0 Å². The van der Waals surface area contributed by atoms with Gasteiger partial charge in [-0.25, -0.2) is 4.98 Å². The maximum absolute atomic E-state index is 12.5. The molecule has 7 heteroatoms. The predicted molar refractivity (Wildman–Crippen MR) is 76.2 cm³/mol. The molecular formula is C14H22N4O3. The molecule has 0 unspecified atom stereocenters. The van der Waals surface area contributed by atoms with Gasteiger partial charge in [0, 0.05) is 20.1 Å². The van der Waals surface area contributed by atoms with Gasteiger partial charge >= 0.3 is 0 Å². The van der Waals surface area contributed by atoms with Gasteiger partial charge in [0.1, 0.15) is 5.69 Å². The van der Waals surface area contributed by atoms with Crippen LogP contribution in [0, 0.1) is 6.92 Å². The molecular weight excluding hydrogens is 272 g/mol. The zero-order valence-corrected chi connectivity index (χ0v) is 12.5. The van der Waals surface area contributed by atoms with Crippen LogP contribution in [0.2, 0.25) is 0 Å². The van der Waals surface area contributed by atoms with E-state index in [9.17, 15) is 4.79 Å². The number of aryl methyl sites for hydroxylation is 2. The predicted octanol–water partition coefficient (Wildman–Crippen LogP) is -0.442. The lowest BCUT2D eigenvalue weighted by atomic mass is 10.1. The number of ether oxygens (including phenoxy) is 2. The zero-order valence-electron chi connectivity index (χ0n) is 12.5. The number of morpholine rings is 1. The maximum atomic E-state index is 12.5. The molecule has 0 aromatic carbocycles. The molecule has 21 heavy (non-hydrogen) atoms. The number of nitrogens with zero attached hydrogens (tertiary/aromatic N) is 3. The first-order chi connectivity index (χ1) is 10.2. The van der Waals surface area contributed by atoms with Gasteiger partial charge in [0.2, 0.25) is 0 Å². The minimum Gasteiger partial charge on any atom is -0.379 e. The summed E-state index contributed by atoms with van der Waals surface area (Å²) in [7, 11) is 1.83. The number of hydrogen-bond donors (Lipinski definition) is 1. The smallest absolute Gasteiger partial charge is 0.270 e. The third kappa shape index (κ3) is 2.95. The van der Waals surface area contributed by atoms with Crippen molar-refractivity contribution in [3.05, 3.63) is 17.7 Å². The monoisotopic (exact) mass is 294 g/mol. The number of carbonyl (C=O) groups is 1. The van der Waals surface area contributed by atoms with E-state index in [0.29, 0.717) is 18.9 Å². The maximum Gasteiger partial charge on any atom is 0.270 e. The molecule has 3 rings (SSSR count). The third-order valence-corrected chi connectivity index (χ3v) is 4.22. The van der Waals surface area contributed by atoms with E-state index in [1.807, 2.05) is 14.0 Å². The number of rotatable bonds is 3. The summed E-state index contributed by atoms with van der Waals surface area (Å²) in [4.78, 5) is 19.0. The van der Waals surface area contributed by atoms with Gasteiger partial charge in [-0.1, -0.05) is 0 Å². The average molecular weight is 294 g/mol. The lowest BCUT2D eigenvalue weighted by Crippen LogP contribution is -2.54. The summed E-state index contributed by atoms with van der Waals surface area (Å²) < 4.78 is 12.7. The number of carbonyl (C=O) groups excluding carboxylic acids is 1. The van der Waals surface area contributed by atoms with Crippen molar-refractivity contribution in [3.8, 4) is 0 Å². The lowest BCUT2D eigenvalue weighted by Gasteiger charge is -2.34. The number of hydrogen-bond acceptors (Lipinski definition) is 5. The number of amides is 1. The largest absolute Gasteiger partial charge is 0.379 e. The first-order valence-corrected chi connectivity index (χ1v) is 7.35. The van der Waals surface area contributed by atoms with Crippen LogP contribution in [0.1, 0.15) is 16.2 Å². The molecule has 2 saturated heterocycles. The van der Waals surface area contributed by atoms with Crippen molar-refractivity contribution in [2.24, 2.45) is 7.05 Å². The standard InChI is InChI=1S/C14H22N4O3/c1-10-13(17(2)9-15-10)14(19)16-11-7-21-8-12(11)18-3-5-20-6-4-18/h9,11-12H,3-8H2,1-2H3,(H,16,19)/t11-,12-/m0/s1. The van der Waals surface area contributed by atoms with Gasteiger partial charge in [0.05, 0.1) is 50.5 Å². The quantitative estimate of drug-likeness (QED) is 0.818. The van der Waals surface area contributed by atoms with Crippen LogP contribution in [0.15, 0.2) is 6.33 Å². The molecule has 2 atom stereocenters. The second kappa shape index (κ2) is 6.13. The van der Waals surface area contributed by atoms with E-state index in [2.05, 4.69) is 15.2 Å². The Bertz CT molecular complexity index is 491. The number of imidazole rings is 1. The van der Waals surface area contributed by atoms with Crippen molar-refractivity contribution < 1.29 is 14.3 Å². The summed E-state index contributed by atoms with van der Waals surface area (Å²) in [6, 6.07) is 0.247. The molecule has 2 aliphatic rings. The van der Waals surface area contributed by atoms with Crippen molar-refractivity contribution in [1.82, 2.24) is 19.8 Å². The molecule has 0 aliphatic carbocycles. The molecule has 3 heterocycles. The Balaban J connectivity index is 1.67. The van der Waals surface area contributed by atoms with Gasteiger partial charge in [-0.05, 0) is 6.92 Å². The fraction of sp³-hybridized carbons (Fsp3) is 0.714. The second-order valence-electron chi connectivity index (χ2n) is 5.62. The van der Waals surface area contributed by atoms with Crippen molar-refractivity contribution >= 4 is 5.91 Å². The van der Waals surface area contributed by atoms with Gasteiger partial charge in [0.25, 0.3) is 5.91 Å². The summed E-state index contributed by atoms with van der Waals surface area (Å²) in [6.45, 7) is 6.35. The summed E-state index contributed by atoms with van der Waals surface area (Å²) in [5.74, 6) is -0.0822. The van der Waals surface area contributed by atoms with E-state index in [1.54, 1.807) is 10.9 Å². The summed E-state index contributed by atoms with van der Waals surface area (Å²) in [5, 5.41) is 3.10. The topological polar surface area (TPSA) is 68.6 Å². The fourth-order valence-electron chi connectivity index (χ4n) is 3.06. The SMILES string of the molecule is Cc1ncn(C)c1C(=O)N[C@H]1COC[C@@H]1N1CCOCC1. The molecule has 0 spiro atoms. The van der Waals surface area contributed by atoms with Crippen LogP contribution in [0.4, 0.5) is 0 Å². The molecule has 0 radical (unpaired) electrons. The summed E-state index contributed by atoms with van der Waals surface area (Å²) >= 11 is 0. The Morgan fingerprint density at radius 2 is 2.10 bits per heavy atom. The molecule has 1 N–H and O–H groups in total. The van der Waals surface area contributed by atoms with Crippen molar-refractivity contribution in [2.75, 3.05) is 39.5 Å². The summed E-state index contributed by atoms with van der Waals surface area (Å²) in [5.41, 5.74) is 1.36. The molecule has 116 valence electrons. The molecule has 2 aliphatic heterocycles.